The van der Waals surface area contributed by atoms with E-state index in [4.69, 9.17) is 32.4 Å². The molecule has 1 aromatic carbocycles. The summed E-state index contributed by atoms with van der Waals surface area (Å²) in [5, 5.41) is 0.889. The average Bonchev–Trinajstić information content (AvgIpc) is 3.53. The van der Waals surface area contributed by atoms with Crippen LogP contribution in [0.2, 0.25) is 10.0 Å². The third kappa shape index (κ3) is 5.74. The van der Waals surface area contributed by atoms with E-state index in [0.717, 1.165) is 0 Å². The van der Waals surface area contributed by atoms with E-state index in [9.17, 15) is 19.2 Å². The van der Waals surface area contributed by atoms with Crippen molar-refractivity contribution in [2.45, 2.75) is 39.8 Å². The van der Waals surface area contributed by atoms with Crippen LogP contribution in [-0.2, 0) is 20.9 Å². The number of carbonyl (C=O) groups is 4. The minimum absolute atomic E-state index is 0.123. The molecule has 0 saturated carbocycles. The molecular weight excluding hydrogens is 583 g/mol. The fourth-order valence-corrected chi connectivity index (χ4v) is 6.34. The molecule has 0 N–H and O–H groups in total. The van der Waals surface area contributed by atoms with Crippen LogP contribution >= 0.6 is 23.2 Å². The summed E-state index contributed by atoms with van der Waals surface area (Å²) >= 11 is 12.6. The monoisotopic (exact) mass is 616 g/mol. The standard InChI is InChI=1S/C30H34Cl2N4O6/c1-29(2,3)42-28(40)35-10-9-23-30(4,18-35)24(27(39)36(23)17-19-7-8-20(31)16-21(19)32)26(38)34-13-11-33(12-14-34)25(37)22-6-5-15-41-22/h5-9,15-16,24H,10-14,17-18H2,1-4H3/t24-,30-/m1/s1. The Kier molecular flexibility index (Phi) is 8.06. The maximum atomic E-state index is 14.1. The first-order valence-corrected chi connectivity index (χ1v) is 14.6. The molecule has 2 atom stereocenters. The van der Waals surface area contributed by atoms with Gasteiger partial charge in [-0.2, -0.15) is 0 Å². The first-order chi connectivity index (χ1) is 19.8. The van der Waals surface area contributed by atoms with Gasteiger partial charge in [-0.1, -0.05) is 36.2 Å². The Bertz CT molecular complexity index is 1430. The maximum Gasteiger partial charge on any atom is 0.410 e. The average molecular weight is 618 g/mol. The van der Waals surface area contributed by atoms with Gasteiger partial charge in [0.2, 0.25) is 11.8 Å². The Morgan fingerprint density at radius 2 is 1.74 bits per heavy atom. The molecule has 0 radical (unpaired) electrons. The summed E-state index contributed by atoms with van der Waals surface area (Å²) in [6.07, 6.45) is 2.75. The zero-order valence-corrected chi connectivity index (χ0v) is 25.6. The normalized spacial score (nSPS) is 22.7. The Labute approximate surface area is 254 Å². The highest BCUT2D eigenvalue weighted by molar-refractivity contribution is 6.35. The molecule has 2 saturated heterocycles. The van der Waals surface area contributed by atoms with Crippen molar-refractivity contribution >= 4 is 47.0 Å². The fourth-order valence-electron chi connectivity index (χ4n) is 5.87. The fraction of sp³-hybridized carbons (Fsp3) is 0.467. The molecule has 224 valence electrons. The lowest BCUT2D eigenvalue weighted by Gasteiger charge is -2.42. The summed E-state index contributed by atoms with van der Waals surface area (Å²) in [4.78, 5) is 60.5. The van der Waals surface area contributed by atoms with Crippen LogP contribution in [0, 0.1) is 11.3 Å². The van der Waals surface area contributed by atoms with Crippen molar-refractivity contribution in [3.63, 3.8) is 0 Å². The van der Waals surface area contributed by atoms with Crippen LogP contribution in [0.3, 0.4) is 0 Å². The largest absolute Gasteiger partial charge is 0.459 e. The van der Waals surface area contributed by atoms with E-state index in [1.54, 1.807) is 65.8 Å². The molecule has 1 aromatic heterocycles. The number of piperazine rings is 1. The van der Waals surface area contributed by atoms with Gasteiger partial charge in [-0.25, -0.2) is 4.79 Å². The summed E-state index contributed by atoms with van der Waals surface area (Å²) in [5.41, 5.74) is -0.357. The topological polar surface area (TPSA) is 104 Å². The number of benzene rings is 1. The highest BCUT2D eigenvalue weighted by atomic mass is 35.5. The number of likely N-dealkylation sites (tertiary alicyclic amines) is 1. The lowest BCUT2D eigenvalue weighted by atomic mass is 9.74. The predicted molar refractivity (Wildman–Crippen MR) is 156 cm³/mol. The molecule has 5 rings (SSSR count). The van der Waals surface area contributed by atoms with Gasteiger partial charge in [-0.15, -0.1) is 0 Å². The number of rotatable bonds is 4. The van der Waals surface area contributed by atoms with Crippen molar-refractivity contribution in [1.29, 1.82) is 0 Å². The highest BCUT2D eigenvalue weighted by Gasteiger charge is 2.59. The second-order valence-corrected chi connectivity index (χ2v) is 12.9. The second-order valence-electron chi connectivity index (χ2n) is 12.1. The van der Waals surface area contributed by atoms with Gasteiger partial charge in [0.25, 0.3) is 5.91 Å². The SMILES string of the molecule is CC(C)(C)OC(=O)N1CC=C2N(Cc3ccc(Cl)cc3Cl)C(=O)[C@@H](C(=O)N3CCN(C(=O)c4ccco4)CC3)[C@]2(C)C1. The van der Waals surface area contributed by atoms with E-state index in [1.165, 1.54) is 11.2 Å². The van der Waals surface area contributed by atoms with Crippen LogP contribution < -0.4 is 0 Å². The highest BCUT2D eigenvalue weighted by Crippen LogP contribution is 2.49. The molecule has 4 heterocycles. The smallest absolute Gasteiger partial charge is 0.410 e. The minimum atomic E-state index is -1.08. The van der Waals surface area contributed by atoms with Crippen LogP contribution in [-0.4, -0.2) is 88.3 Å². The van der Waals surface area contributed by atoms with E-state index < -0.39 is 23.0 Å². The van der Waals surface area contributed by atoms with Gasteiger partial charge < -0.3 is 28.8 Å². The number of fused-ring (bicyclic) bond motifs is 1. The molecule has 3 aliphatic heterocycles. The van der Waals surface area contributed by atoms with Crippen molar-refractivity contribution in [2.75, 3.05) is 39.3 Å². The summed E-state index contributed by atoms with van der Waals surface area (Å²) in [6.45, 7) is 8.86. The lowest BCUT2D eigenvalue weighted by molar-refractivity contribution is -0.147. The molecule has 0 unspecified atom stereocenters. The van der Waals surface area contributed by atoms with Gasteiger partial charge in [0.05, 0.1) is 12.8 Å². The van der Waals surface area contributed by atoms with Crippen molar-refractivity contribution in [1.82, 2.24) is 19.6 Å². The van der Waals surface area contributed by atoms with E-state index in [0.29, 0.717) is 34.4 Å². The second kappa shape index (κ2) is 11.3. The molecule has 0 aliphatic carbocycles. The van der Waals surface area contributed by atoms with E-state index in [-0.39, 0.29) is 56.2 Å². The molecule has 4 amide bonds. The molecule has 12 heteroatoms. The van der Waals surface area contributed by atoms with E-state index in [1.807, 2.05) is 13.0 Å². The van der Waals surface area contributed by atoms with E-state index >= 15 is 0 Å². The van der Waals surface area contributed by atoms with Crippen molar-refractivity contribution < 1.29 is 28.3 Å². The van der Waals surface area contributed by atoms with Crippen LogP contribution in [0.5, 0.6) is 0 Å². The summed E-state index contributed by atoms with van der Waals surface area (Å²) < 4.78 is 10.9. The summed E-state index contributed by atoms with van der Waals surface area (Å²) in [7, 11) is 0. The molecule has 2 aromatic rings. The van der Waals surface area contributed by atoms with Crippen molar-refractivity contribution in [3.05, 3.63) is 69.7 Å². The Hall–Kier alpha value is -3.50. The Morgan fingerprint density at radius 3 is 2.36 bits per heavy atom. The van der Waals surface area contributed by atoms with Gasteiger partial charge in [0.15, 0.2) is 5.76 Å². The van der Waals surface area contributed by atoms with Crippen LogP contribution in [0.1, 0.15) is 43.8 Å². The van der Waals surface area contributed by atoms with Gasteiger partial charge in [0.1, 0.15) is 11.5 Å². The first-order valence-electron chi connectivity index (χ1n) is 13.8. The van der Waals surface area contributed by atoms with Gasteiger partial charge in [-0.05, 0) is 56.7 Å². The zero-order chi connectivity index (χ0) is 30.4. The third-order valence-electron chi connectivity index (χ3n) is 7.90. The first kappa shape index (κ1) is 30.0. The third-order valence-corrected chi connectivity index (χ3v) is 8.49. The van der Waals surface area contributed by atoms with Gasteiger partial charge in [0, 0.05) is 60.4 Å². The number of hydrogen-bond donors (Lipinski definition) is 0. The number of nitrogens with zero attached hydrogens (tertiary/aromatic N) is 4. The lowest BCUT2D eigenvalue weighted by Crippen LogP contribution is -2.56. The van der Waals surface area contributed by atoms with Crippen LogP contribution in [0.15, 0.2) is 52.8 Å². The molecule has 0 bridgehead atoms. The molecule has 0 spiro atoms. The minimum Gasteiger partial charge on any atom is -0.459 e. The van der Waals surface area contributed by atoms with E-state index in [2.05, 4.69) is 0 Å². The number of ether oxygens (including phenoxy) is 1. The molecule has 2 fully saturated rings. The Morgan fingerprint density at radius 1 is 1.05 bits per heavy atom. The predicted octanol–water partition coefficient (Wildman–Crippen LogP) is 4.67. The molecule has 42 heavy (non-hydrogen) atoms. The van der Waals surface area contributed by atoms with Crippen molar-refractivity contribution in [3.8, 4) is 0 Å². The number of amides is 4. The number of carbonyl (C=O) groups excluding carboxylic acids is 4. The van der Waals surface area contributed by atoms with Crippen LogP contribution in [0.4, 0.5) is 4.79 Å². The number of furan rings is 1. The summed E-state index contributed by atoms with van der Waals surface area (Å²) in [5.74, 6) is -1.78. The molecule has 3 aliphatic rings. The Balaban J connectivity index is 1.41. The zero-order valence-electron chi connectivity index (χ0n) is 24.1. The van der Waals surface area contributed by atoms with Gasteiger partial charge in [-0.3, -0.25) is 14.4 Å². The number of halogens is 2. The number of hydrogen-bond acceptors (Lipinski definition) is 6. The van der Waals surface area contributed by atoms with Gasteiger partial charge >= 0.3 is 6.09 Å². The molecular formula is C30H34Cl2N4O6. The van der Waals surface area contributed by atoms with Crippen molar-refractivity contribution in [2.24, 2.45) is 11.3 Å². The molecule has 10 nitrogen and oxygen atoms in total. The van der Waals surface area contributed by atoms with Crippen LogP contribution in [0.25, 0.3) is 0 Å². The maximum absolute atomic E-state index is 14.1. The summed E-state index contributed by atoms with van der Waals surface area (Å²) in [6, 6.07) is 8.33. The quantitative estimate of drug-likeness (QED) is 0.462.